The molecule has 2 heterocycles. The minimum Gasteiger partial charge on any atom is -0.469 e. The van der Waals surface area contributed by atoms with E-state index in [0.29, 0.717) is 0 Å². The van der Waals surface area contributed by atoms with Crippen molar-refractivity contribution in [3.63, 3.8) is 0 Å². The highest BCUT2D eigenvalue weighted by Crippen LogP contribution is 2.35. The summed E-state index contributed by atoms with van der Waals surface area (Å²) in [5, 5.41) is 2.43. The van der Waals surface area contributed by atoms with E-state index in [1.165, 1.54) is 23.6 Å². The van der Waals surface area contributed by atoms with E-state index in [1.807, 2.05) is 6.20 Å². The van der Waals surface area contributed by atoms with Crippen molar-refractivity contribution in [1.82, 2.24) is 4.98 Å². The Labute approximate surface area is 149 Å². The summed E-state index contributed by atoms with van der Waals surface area (Å²) in [6, 6.07) is 8.52. The summed E-state index contributed by atoms with van der Waals surface area (Å²) in [4.78, 5) is 21.2. The van der Waals surface area contributed by atoms with Crippen LogP contribution in [-0.2, 0) is 9.53 Å². The molecule has 0 atom stereocenters. The van der Waals surface area contributed by atoms with Crippen LogP contribution in [0.15, 0.2) is 30.5 Å². The third-order valence-electron chi connectivity index (χ3n) is 5.18. The van der Waals surface area contributed by atoms with Gasteiger partial charge in [-0.25, -0.2) is 4.98 Å². The molecule has 0 aliphatic carbocycles. The number of carbonyl (C=O) groups is 1. The van der Waals surface area contributed by atoms with Gasteiger partial charge in [0.15, 0.2) is 0 Å². The van der Waals surface area contributed by atoms with Gasteiger partial charge in [0.2, 0.25) is 0 Å². The molecule has 5 nitrogen and oxygen atoms in total. The van der Waals surface area contributed by atoms with Crippen LogP contribution in [0.5, 0.6) is 0 Å². The molecular formula is C20H27N3O2. The maximum atomic E-state index is 11.8. The smallest absolute Gasteiger partial charge is 0.308 e. The van der Waals surface area contributed by atoms with Gasteiger partial charge in [-0.3, -0.25) is 4.79 Å². The number of fused-ring (bicyclic) bond motifs is 1. The number of nitrogens with zero attached hydrogens (tertiary/aromatic N) is 3. The van der Waals surface area contributed by atoms with E-state index in [0.717, 1.165) is 44.8 Å². The van der Waals surface area contributed by atoms with Crippen molar-refractivity contribution in [2.24, 2.45) is 5.92 Å². The molecule has 134 valence electrons. The molecule has 2 aromatic rings. The van der Waals surface area contributed by atoms with E-state index >= 15 is 0 Å². The summed E-state index contributed by atoms with van der Waals surface area (Å²) < 4.78 is 4.90. The van der Waals surface area contributed by atoms with E-state index in [-0.39, 0.29) is 11.9 Å². The SMILES string of the molecule is CCN(CC)c1cccc2ccnc(N3CCC(C(=O)OC)CC3)c12. The third-order valence-corrected chi connectivity index (χ3v) is 5.18. The molecular weight excluding hydrogens is 314 g/mol. The normalized spacial score (nSPS) is 15.4. The van der Waals surface area contributed by atoms with Crippen molar-refractivity contribution < 1.29 is 9.53 Å². The topological polar surface area (TPSA) is 45.7 Å². The molecule has 0 spiro atoms. The van der Waals surface area contributed by atoms with E-state index in [9.17, 15) is 4.79 Å². The Morgan fingerprint density at radius 3 is 2.60 bits per heavy atom. The Morgan fingerprint density at radius 2 is 1.96 bits per heavy atom. The summed E-state index contributed by atoms with van der Waals surface area (Å²) in [6.45, 7) is 7.96. The zero-order chi connectivity index (χ0) is 17.8. The lowest BCUT2D eigenvalue weighted by atomic mass is 9.96. The number of esters is 1. The van der Waals surface area contributed by atoms with Crippen molar-refractivity contribution in [2.45, 2.75) is 26.7 Å². The summed E-state index contributed by atoms with van der Waals surface area (Å²) in [7, 11) is 1.47. The lowest BCUT2D eigenvalue weighted by molar-refractivity contribution is -0.146. The standard InChI is InChI=1S/C20H27N3O2/c1-4-22(5-2)17-8-6-7-15-9-12-21-19(18(15)17)23-13-10-16(11-14-23)20(24)25-3/h6-9,12,16H,4-5,10-11,13-14H2,1-3H3. The molecule has 0 saturated carbocycles. The van der Waals surface area contributed by atoms with Gasteiger partial charge < -0.3 is 14.5 Å². The van der Waals surface area contributed by atoms with Gasteiger partial charge in [0.25, 0.3) is 0 Å². The summed E-state index contributed by atoms with van der Waals surface area (Å²) in [6.07, 6.45) is 3.52. The lowest BCUT2D eigenvalue weighted by Crippen LogP contribution is -2.37. The highest BCUT2D eigenvalue weighted by Gasteiger charge is 2.27. The molecule has 3 rings (SSSR count). The molecule has 0 bridgehead atoms. The minimum atomic E-state index is -0.0886. The predicted molar refractivity (Wildman–Crippen MR) is 102 cm³/mol. The van der Waals surface area contributed by atoms with Crippen molar-refractivity contribution in [1.29, 1.82) is 0 Å². The van der Waals surface area contributed by atoms with Crippen molar-refractivity contribution in [2.75, 3.05) is 43.1 Å². The average Bonchev–Trinajstić information content (AvgIpc) is 2.68. The van der Waals surface area contributed by atoms with Gasteiger partial charge in [-0.15, -0.1) is 0 Å². The fourth-order valence-corrected chi connectivity index (χ4v) is 3.75. The molecule has 1 fully saturated rings. The summed E-state index contributed by atoms with van der Waals surface area (Å²) >= 11 is 0. The maximum absolute atomic E-state index is 11.8. The van der Waals surface area contributed by atoms with Gasteiger partial charge in [0.05, 0.1) is 13.0 Å². The monoisotopic (exact) mass is 341 g/mol. The number of carbonyl (C=O) groups excluding carboxylic acids is 1. The number of ether oxygens (including phenoxy) is 1. The highest BCUT2D eigenvalue weighted by molar-refractivity contribution is 6.02. The van der Waals surface area contributed by atoms with Crippen LogP contribution in [0.2, 0.25) is 0 Å². The van der Waals surface area contributed by atoms with E-state index in [4.69, 9.17) is 9.72 Å². The number of piperidine rings is 1. The molecule has 1 aliphatic heterocycles. The minimum absolute atomic E-state index is 0.0125. The molecule has 0 amide bonds. The van der Waals surface area contributed by atoms with Crippen LogP contribution in [0.1, 0.15) is 26.7 Å². The molecule has 0 radical (unpaired) electrons. The van der Waals surface area contributed by atoms with Gasteiger partial charge in [0, 0.05) is 43.4 Å². The van der Waals surface area contributed by atoms with Gasteiger partial charge in [0.1, 0.15) is 5.82 Å². The summed E-state index contributed by atoms with van der Waals surface area (Å²) in [5.74, 6) is 0.955. The zero-order valence-electron chi connectivity index (χ0n) is 15.4. The van der Waals surface area contributed by atoms with Crippen molar-refractivity contribution in [3.8, 4) is 0 Å². The number of aromatic nitrogens is 1. The van der Waals surface area contributed by atoms with Crippen molar-refractivity contribution in [3.05, 3.63) is 30.5 Å². The molecule has 5 heteroatoms. The molecule has 1 aromatic heterocycles. The number of rotatable bonds is 5. The maximum Gasteiger partial charge on any atom is 0.308 e. The molecule has 0 unspecified atom stereocenters. The molecule has 1 aliphatic rings. The van der Waals surface area contributed by atoms with Gasteiger partial charge >= 0.3 is 5.97 Å². The van der Waals surface area contributed by atoms with Crippen LogP contribution in [0.4, 0.5) is 11.5 Å². The average molecular weight is 341 g/mol. The third kappa shape index (κ3) is 3.41. The van der Waals surface area contributed by atoms with Crippen LogP contribution in [-0.4, -0.2) is 44.2 Å². The van der Waals surface area contributed by atoms with Crippen LogP contribution in [0.25, 0.3) is 10.8 Å². The second kappa shape index (κ2) is 7.72. The Balaban J connectivity index is 1.96. The van der Waals surface area contributed by atoms with E-state index in [1.54, 1.807) is 0 Å². The fraction of sp³-hybridized carbons (Fsp3) is 0.500. The van der Waals surface area contributed by atoms with Gasteiger partial charge in [-0.1, -0.05) is 12.1 Å². The second-order valence-electron chi connectivity index (χ2n) is 6.47. The number of hydrogen-bond donors (Lipinski definition) is 0. The van der Waals surface area contributed by atoms with Crippen LogP contribution < -0.4 is 9.80 Å². The largest absolute Gasteiger partial charge is 0.469 e. The van der Waals surface area contributed by atoms with Crippen LogP contribution >= 0.6 is 0 Å². The van der Waals surface area contributed by atoms with Crippen molar-refractivity contribution >= 4 is 28.2 Å². The predicted octanol–water partition coefficient (Wildman–Crippen LogP) is 3.47. The first-order valence-corrected chi connectivity index (χ1v) is 9.15. The number of benzene rings is 1. The number of pyridine rings is 1. The van der Waals surface area contributed by atoms with E-state index in [2.05, 4.69) is 47.9 Å². The lowest BCUT2D eigenvalue weighted by Gasteiger charge is -2.33. The van der Waals surface area contributed by atoms with Gasteiger partial charge in [-0.05, 0) is 44.2 Å². The quantitative estimate of drug-likeness (QED) is 0.779. The molecule has 1 saturated heterocycles. The first kappa shape index (κ1) is 17.5. The van der Waals surface area contributed by atoms with E-state index < -0.39 is 0 Å². The number of hydrogen-bond acceptors (Lipinski definition) is 5. The Kier molecular flexibility index (Phi) is 5.41. The summed E-state index contributed by atoms with van der Waals surface area (Å²) in [5.41, 5.74) is 1.24. The molecule has 25 heavy (non-hydrogen) atoms. The first-order valence-electron chi connectivity index (χ1n) is 9.15. The van der Waals surface area contributed by atoms with Gasteiger partial charge in [-0.2, -0.15) is 0 Å². The highest BCUT2D eigenvalue weighted by atomic mass is 16.5. The first-order chi connectivity index (χ1) is 12.2. The number of anilines is 2. The zero-order valence-corrected chi connectivity index (χ0v) is 15.4. The van der Waals surface area contributed by atoms with Crippen LogP contribution in [0, 0.1) is 5.92 Å². The van der Waals surface area contributed by atoms with Crippen LogP contribution in [0.3, 0.4) is 0 Å². The Bertz CT molecular complexity index is 730. The Hall–Kier alpha value is -2.30. The Morgan fingerprint density at radius 1 is 1.24 bits per heavy atom. The molecule has 0 N–H and O–H groups in total. The second-order valence-corrected chi connectivity index (χ2v) is 6.47. The fourth-order valence-electron chi connectivity index (χ4n) is 3.75. The number of methoxy groups -OCH3 is 1. The molecule has 1 aromatic carbocycles.